The summed E-state index contributed by atoms with van der Waals surface area (Å²) in [6.07, 6.45) is 1.72. The number of methoxy groups -OCH3 is 1. The second-order valence-corrected chi connectivity index (χ2v) is 4.89. The minimum absolute atomic E-state index is 0.144. The Morgan fingerprint density at radius 1 is 1.26 bits per heavy atom. The number of carbonyl (C=O) groups is 1. The predicted molar refractivity (Wildman–Crippen MR) is 84.1 cm³/mol. The van der Waals surface area contributed by atoms with E-state index in [-0.39, 0.29) is 11.5 Å². The van der Waals surface area contributed by atoms with Crippen molar-refractivity contribution < 1.29 is 14.6 Å². The van der Waals surface area contributed by atoms with Crippen LogP contribution >= 0.6 is 0 Å². The molecule has 0 aliphatic rings. The van der Waals surface area contributed by atoms with E-state index in [4.69, 9.17) is 4.74 Å². The van der Waals surface area contributed by atoms with Crippen molar-refractivity contribution in [2.45, 2.75) is 6.92 Å². The van der Waals surface area contributed by atoms with Crippen molar-refractivity contribution in [3.8, 4) is 5.75 Å². The van der Waals surface area contributed by atoms with Gasteiger partial charge in [0.15, 0.2) is 11.5 Å². The highest BCUT2D eigenvalue weighted by Gasteiger charge is 2.18. The third-order valence-corrected chi connectivity index (χ3v) is 3.30. The normalized spacial score (nSPS) is 11.2. The molecule has 0 fully saturated rings. The van der Waals surface area contributed by atoms with Gasteiger partial charge in [0.2, 0.25) is 0 Å². The molecular formula is C16H14N4O3. The molecule has 1 aromatic carbocycles. The number of aromatic nitrogens is 2. The molecule has 0 spiro atoms. The van der Waals surface area contributed by atoms with Crippen molar-refractivity contribution in [2.75, 3.05) is 7.11 Å². The van der Waals surface area contributed by atoms with Crippen LogP contribution in [-0.4, -0.2) is 27.6 Å². The first-order valence-corrected chi connectivity index (χ1v) is 6.87. The maximum Gasteiger partial charge on any atom is 0.358 e. The van der Waals surface area contributed by atoms with E-state index < -0.39 is 5.97 Å². The lowest BCUT2D eigenvalue weighted by Gasteiger charge is -2.02. The summed E-state index contributed by atoms with van der Waals surface area (Å²) < 4.78 is 6.80. The van der Waals surface area contributed by atoms with E-state index in [1.807, 2.05) is 19.1 Å². The lowest BCUT2D eigenvalue weighted by Crippen LogP contribution is -1.96. The number of aryl methyl sites for hydroxylation is 1. The molecule has 116 valence electrons. The van der Waals surface area contributed by atoms with Crippen LogP contribution in [0.15, 0.2) is 52.8 Å². The Hall–Kier alpha value is -3.22. The fourth-order valence-electron chi connectivity index (χ4n) is 2.19. The van der Waals surface area contributed by atoms with Gasteiger partial charge < -0.3 is 9.84 Å². The summed E-state index contributed by atoms with van der Waals surface area (Å²) >= 11 is 0. The molecule has 3 aromatic rings. The Balaban J connectivity index is 2.13. The zero-order chi connectivity index (χ0) is 16.4. The van der Waals surface area contributed by atoms with E-state index in [2.05, 4.69) is 15.2 Å². The van der Waals surface area contributed by atoms with Crippen molar-refractivity contribution in [3.05, 3.63) is 53.9 Å². The highest BCUT2D eigenvalue weighted by atomic mass is 16.5. The molecule has 0 saturated heterocycles. The molecule has 0 bridgehead atoms. The largest absolute Gasteiger partial charge is 0.494 e. The van der Waals surface area contributed by atoms with E-state index in [1.165, 1.54) is 7.11 Å². The molecule has 0 aliphatic heterocycles. The summed E-state index contributed by atoms with van der Waals surface area (Å²) in [5.74, 6) is -0.434. The number of aromatic carboxylic acids is 1. The van der Waals surface area contributed by atoms with Gasteiger partial charge in [0.25, 0.3) is 0 Å². The average Bonchev–Trinajstić information content (AvgIpc) is 2.91. The molecule has 23 heavy (non-hydrogen) atoms. The van der Waals surface area contributed by atoms with Crippen LogP contribution in [0.3, 0.4) is 0 Å². The molecule has 3 rings (SSSR count). The maximum absolute atomic E-state index is 11.4. The first kappa shape index (κ1) is 14.7. The highest BCUT2D eigenvalue weighted by molar-refractivity contribution is 5.91. The Morgan fingerprint density at radius 2 is 2.04 bits per heavy atom. The van der Waals surface area contributed by atoms with Crippen molar-refractivity contribution in [3.63, 3.8) is 0 Å². The number of para-hydroxylation sites is 1. The number of ether oxygens (including phenoxy) is 1. The van der Waals surface area contributed by atoms with E-state index in [0.29, 0.717) is 17.1 Å². The van der Waals surface area contributed by atoms with Gasteiger partial charge in [-0.2, -0.15) is 0 Å². The monoisotopic (exact) mass is 310 g/mol. The number of pyridine rings is 1. The standard InChI is InChI=1S/C16H14N4O3/c1-10-7-8-20-13(9-10)17-14(16(21)22)15(20)19-18-11-5-3-4-6-12(11)23-2/h3-9H,1-2H3,(H,21,22). The Morgan fingerprint density at radius 3 is 2.78 bits per heavy atom. The molecule has 2 aromatic heterocycles. The minimum atomic E-state index is -1.15. The summed E-state index contributed by atoms with van der Waals surface area (Å²) in [5, 5.41) is 17.5. The number of fused-ring (bicyclic) bond motifs is 1. The summed E-state index contributed by atoms with van der Waals surface area (Å²) in [4.78, 5) is 15.5. The number of hydrogen-bond donors (Lipinski definition) is 1. The van der Waals surface area contributed by atoms with E-state index >= 15 is 0 Å². The summed E-state index contributed by atoms with van der Waals surface area (Å²) in [6.45, 7) is 1.91. The number of benzene rings is 1. The molecule has 7 heteroatoms. The quantitative estimate of drug-likeness (QED) is 0.743. The maximum atomic E-state index is 11.4. The summed E-state index contributed by atoms with van der Waals surface area (Å²) in [6, 6.07) is 10.7. The molecule has 0 aliphatic carbocycles. The van der Waals surface area contributed by atoms with Crippen molar-refractivity contribution in [1.29, 1.82) is 0 Å². The SMILES string of the molecule is COc1ccccc1N=Nc1c(C(=O)O)nc2cc(C)ccn12. The van der Waals surface area contributed by atoms with Crippen molar-refractivity contribution in [1.82, 2.24) is 9.38 Å². The van der Waals surface area contributed by atoms with Crippen LogP contribution in [0.1, 0.15) is 16.1 Å². The Bertz CT molecular complexity index is 915. The molecule has 1 N–H and O–H groups in total. The number of hydrogen-bond acceptors (Lipinski definition) is 5. The van der Waals surface area contributed by atoms with Crippen LogP contribution in [0.5, 0.6) is 5.75 Å². The molecule has 0 saturated carbocycles. The van der Waals surface area contributed by atoms with E-state index in [9.17, 15) is 9.90 Å². The summed E-state index contributed by atoms with van der Waals surface area (Å²) in [5.41, 5.74) is 1.85. The van der Waals surface area contributed by atoms with Crippen molar-refractivity contribution in [2.24, 2.45) is 10.2 Å². The van der Waals surface area contributed by atoms with Crippen LogP contribution in [-0.2, 0) is 0 Å². The van der Waals surface area contributed by atoms with Gasteiger partial charge >= 0.3 is 5.97 Å². The highest BCUT2D eigenvalue weighted by Crippen LogP contribution is 2.30. The fraction of sp³-hybridized carbons (Fsp3) is 0.125. The number of azo groups is 1. The number of carboxylic acid groups (broad SMARTS) is 1. The predicted octanol–water partition coefficient (Wildman–Crippen LogP) is 3.76. The summed E-state index contributed by atoms with van der Waals surface area (Å²) in [7, 11) is 1.54. The Kier molecular flexibility index (Phi) is 3.76. The molecule has 2 heterocycles. The lowest BCUT2D eigenvalue weighted by atomic mass is 10.3. The second-order valence-electron chi connectivity index (χ2n) is 4.89. The average molecular weight is 310 g/mol. The second kappa shape index (κ2) is 5.88. The smallest absolute Gasteiger partial charge is 0.358 e. The fourth-order valence-corrected chi connectivity index (χ4v) is 2.19. The van der Waals surface area contributed by atoms with Gasteiger partial charge in [-0.3, -0.25) is 4.40 Å². The number of carboxylic acids is 1. The first-order valence-electron chi connectivity index (χ1n) is 6.87. The molecule has 0 amide bonds. The number of nitrogens with zero attached hydrogens (tertiary/aromatic N) is 4. The minimum Gasteiger partial charge on any atom is -0.494 e. The van der Waals surface area contributed by atoms with Crippen LogP contribution in [0.25, 0.3) is 5.65 Å². The third kappa shape index (κ3) is 2.76. The molecule has 7 nitrogen and oxygen atoms in total. The first-order chi connectivity index (χ1) is 11.1. The van der Waals surface area contributed by atoms with Crippen LogP contribution in [0, 0.1) is 6.92 Å². The van der Waals surface area contributed by atoms with Crippen LogP contribution < -0.4 is 4.74 Å². The van der Waals surface area contributed by atoms with Gasteiger partial charge in [-0.05, 0) is 36.8 Å². The Labute approximate surface area is 131 Å². The number of rotatable bonds is 4. The van der Waals surface area contributed by atoms with Crippen LogP contribution in [0.2, 0.25) is 0 Å². The van der Waals surface area contributed by atoms with Gasteiger partial charge in [-0.1, -0.05) is 12.1 Å². The topological polar surface area (TPSA) is 88.5 Å². The van der Waals surface area contributed by atoms with Crippen LogP contribution in [0.4, 0.5) is 11.5 Å². The van der Waals surface area contributed by atoms with E-state index in [1.54, 1.807) is 34.9 Å². The molecular weight excluding hydrogens is 296 g/mol. The van der Waals surface area contributed by atoms with E-state index in [0.717, 1.165) is 5.56 Å². The molecule has 0 unspecified atom stereocenters. The zero-order valence-corrected chi connectivity index (χ0v) is 12.6. The zero-order valence-electron chi connectivity index (χ0n) is 12.6. The number of imidazole rings is 1. The third-order valence-electron chi connectivity index (χ3n) is 3.30. The van der Waals surface area contributed by atoms with Gasteiger partial charge in [0.05, 0.1) is 7.11 Å². The van der Waals surface area contributed by atoms with Gasteiger partial charge in [0.1, 0.15) is 17.1 Å². The van der Waals surface area contributed by atoms with Crippen molar-refractivity contribution >= 4 is 23.1 Å². The lowest BCUT2D eigenvalue weighted by molar-refractivity contribution is 0.0692. The van der Waals surface area contributed by atoms with Gasteiger partial charge in [-0.15, -0.1) is 10.2 Å². The molecule has 0 atom stereocenters. The van der Waals surface area contributed by atoms with Gasteiger partial charge in [-0.25, -0.2) is 9.78 Å². The van der Waals surface area contributed by atoms with Gasteiger partial charge in [0, 0.05) is 6.20 Å². The molecule has 0 radical (unpaired) electrons.